The number of anilines is 1. The molecule has 45 heavy (non-hydrogen) atoms. The standard InChI is InChI=1S/C35H44N4O6/c1-22(2)10-9-11-23(3)18-19-35-25-14-7-8-15-28(25)38-34(35)39(32(43)27(36)20-24-12-5-4-6-13-24)21-26(35)31(42)37-29(33(44)45)16-17-30(40)41/h4-8,10,12-15,18,26-27,29,34,38H,9,11,16-17,19-21,36H2,1-3H3,(H,37,42)(H,40,41)(H,44,45)/b23-18-/t26-,27+,29+,34-,35+/m1/s1. The maximum absolute atomic E-state index is 14.1. The zero-order chi connectivity index (χ0) is 32.7. The van der Waals surface area contributed by atoms with Crippen molar-refractivity contribution >= 4 is 29.4 Å². The molecular formula is C35H44N4O6. The number of nitrogens with one attached hydrogen (secondary N) is 2. The number of hydrogen-bond donors (Lipinski definition) is 5. The Balaban J connectivity index is 1.73. The van der Waals surface area contributed by atoms with Crippen LogP contribution in [0.25, 0.3) is 0 Å². The largest absolute Gasteiger partial charge is 0.481 e. The van der Waals surface area contributed by atoms with E-state index in [1.807, 2.05) is 61.5 Å². The van der Waals surface area contributed by atoms with E-state index < -0.39 is 53.8 Å². The summed E-state index contributed by atoms with van der Waals surface area (Å²) in [6, 6.07) is 14.9. The SMILES string of the molecule is CC(C)=CCC/C(C)=C\C[C@@]12c3ccccc3N[C@@H]1N(C(=O)[C@@H](N)Cc1ccccc1)C[C@@H]2C(=O)N[C@@H](CCC(=O)O)C(=O)O. The molecule has 2 aromatic rings. The first kappa shape index (κ1) is 33.5. The Kier molecular flexibility index (Phi) is 10.8. The highest BCUT2D eigenvalue weighted by Crippen LogP contribution is 2.54. The summed E-state index contributed by atoms with van der Waals surface area (Å²) in [7, 11) is 0. The second-order valence-corrected chi connectivity index (χ2v) is 12.4. The van der Waals surface area contributed by atoms with Gasteiger partial charge in [-0.15, -0.1) is 0 Å². The minimum absolute atomic E-state index is 0.0229. The van der Waals surface area contributed by atoms with Gasteiger partial charge < -0.3 is 31.5 Å². The van der Waals surface area contributed by atoms with Crippen LogP contribution in [0.2, 0.25) is 0 Å². The minimum Gasteiger partial charge on any atom is -0.481 e. The molecule has 2 aliphatic rings. The van der Waals surface area contributed by atoms with Gasteiger partial charge >= 0.3 is 11.9 Å². The van der Waals surface area contributed by atoms with E-state index in [9.17, 15) is 24.3 Å². The lowest BCUT2D eigenvalue weighted by atomic mass is 9.69. The van der Waals surface area contributed by atoms with E-state index in [1.165, 1.54) is 5.57 Å². The van der Waals surface area contributed by atoms with Crippen molar-refractivity contribution in [3.05, 3.63) is 89.0 Å². The number of fused-ring (bicyclic) bond motifs is 3. The van der Waals surface area contributed by atoms with Crippen LogP contribution in [0, 0.1) is 5.92 Å². The molecule has 0 saturated carbocycles. The van der Waals surface area contributed by atoms with Crippen molar-refractivity contribution < 1.29 is 29.4 Å². The summed E-state index contributed by atoms with van der Waals surface area (Å²) in [5.74, 6) is -4.15. The van der Waals surface area contributed by atoms with Gasteiger partial charge in [-0.05, 0) is 70.1 Å². The quantitative estimate of drug-likeness (QED) is 0.197. The molecule has 6 N–H and O–H groups in total. The van der Waals surface area contributed by atoms with Gasteiger partial charge in [-0.3, -0.25) is 14.4 Å². The molecule has 4 rings (SSSR count). The highest BCUT2D eigenvalue weighted by molar-refractivity contribution is 5.91. The number of nitrogens with zero attached hydrogens (tertiary/aromatic N) is 1. The highest BCUT2D eigenvalue weighted by Gasteiger charge is 2.62. The Hall–Kier alpha value is -4.44. The molecule has 10 heteroatoms. The number of nitrogens with two attached hydrogens (primary N) is 1. The number of carboxylic acids is 2. The van der Waals surface area contributed by atoms with Gasteiger partial charge in [-0.25, -0.2) is 4.79 Å². The Morgan fingerprint density at radius 1 is 1.02 bits per heavy atom. The summed E-state index contributed by atoms with van der Waals surface area (Å²) >= 11 is 0. The molecule has 2 aliphatic heterocycles. The molecule has 240 valence electrons. The molecular weight excluding hydrogens is 572 g/mol. The fourth-order valence-corrected chi connectivity index (χ4v) is 6.53. The summed E-state index contributed by atoms with van der Waals surface area (Å²) in [6.07, 6.45) is 5.46. The van der Waals surface area contributed by atoms with Gasteiger partial charge in [0.25, 0.3) is 0 Å². The molecule has 1 saturated heterocycles. The number of benzene rings is 2. The molecule has 0 bridgehead atoms. The van der Waals surface area contributed by atoms with Crippen molar-refractivity contribution in [1.82, 2.24) is 10.2 Å². The van der Waals surface area contributed by atoms with Gasteiger partial charge in [-0.2, -0.15) is 0 Å². The topological polar surface area (TPSA) is 162 Å². The van der Waals surface area contributed by atoms with Gasteiger partial charge in [0.2, 0.25) is 11.8 Å². The molecule has 5 atom stereocenters. The lowest BCUT2D eigenvalue weighted by Crippen LogP contribution is -2.53. The van der Waals surface area contributed by atoms with Gasteiger partial charge in [-0.1, -0.05) is 71.8 Å². The van der Waals surface area contributed by atoms with E-state index in [0.29, 0.717) is 12.8 Å². The Labute approximate surface area is 264 Å². The number of carbonyl (C=O) groups is 4. The number of rotatable bonds is 14. The zero-order valence-corrected chi connectivity index (χ0v) is 26.2. The molecule has 0 unspecified atom stereocenters. The van der Waals surface area contributed by atoms with Crippen LogP contribution < -0.4 is 16.4 Å². The maximum Gasteiger partial charge on any atom is 0.326 e. The fraction of sp³-hybridized carbons (Fsp3) is 0.429. The molecule has 10 nitrogen and oxygen atoms in total. The van der Waals surface area contributed by atoms with Crippen molar-refractivity contribution in [2.75, 3.05) is 11.9 Å². The number of hydrogen-bond acceptors (Lipinski definition) is 6. The minimum atomic E-state index is -1.39. The molecule has 2 aromatic carbocycles. The van der Waals surface area contributed by atoms with Crippen LogP contribution >= 0.6 is 0 Å². The Bertz CT molecular complexity index is 1470. The lowest BCUT2D eigenvalue weighted by molar-refractivity contribution is -0.144. The average molecular weight is 617 g/mol. The Morgan fingerprint density at radius 3 is 2.38 bits per heavy atom. The summed E-state index contributed by atoms with van der Waals surface area (Å²) in [5.41, 5.74) is 10.5. The molecule has 1 fully saturated rings. The Morgan fingerprint density at radius 2 is 1.71 bits per heavy atom. The van der Waals surface area contributed by atoms with E-state index >= 15 is 0 Å². The highest BCUT2D eigenvalue weighted by atomic mass is 16.4. The van der Waals surface area contributed by atoms with Gasteiger partial charge in [0.1, 0.15) is 12.2 Å². The van der Waals surface area contributed by atoms with Crippen LogP contribution in [-0.4, -0.2) is 63.7 Å². The zero-order valence-electron chi connectivity index (χ0n) is 26.2. The van der Waals surface area contributed by atoms with E-state index in [0.717, 1.165) is 35.2 Å². The van der Waals surface area contributed by atoms with Gasteiger partial charge in [0, 0.05) is 18.7 Å². The summed E-state index contributed by atoms with van der Waals surface area (Å²) in [6.45, 7) is 6.18. The first-order valence-electron chi connectivity index (χ1n) is 15.4. The van der Waals surface area contributed by atoms with Crippen molar-refractivity contribution in [2.45, 2.75) is 83.0 Å². The molecule has 0 aromatic heterocycles. The number of likely N-dealkylation sites (tertiary alicyclic amines) is 1. The predicted octanol–water partition coefficient (Wildman–Crippen LogP) is 4.22. The van der Waals surface area contributed by atoms with Crippen molar-refractivity contribution in [3.8, 4) is 0 Å². The summed E-state index contributed by atoms with van der Waals surface area (Å²) in [4.78, 5) is 53.1. The van der Waals surface area contributed by atoms with E-state index in [1.54, 1.807) is 4.90 Å². The number of carbonyl (C=O) groups excluding carboxylic acids is 2. The molecule has 0 aliphatic carbocycles. The average Bonchev–Trinajstić information content (AvgIpc) is 3.49. The van der Waals surface area contributed by atoms with Crippen LogP contribution in [0.5, 0.6) is 0 Å². The van der Waals surface area contributed by atoms with Gasteiger partial charge in [0.15, 0.2) is 0 Å². The van der Waals surface area contributed by atoms with E-state index in [4.69, 9.17) is 10.8 Å². The molecule has 0 spiro atoms. The fourth-order valence-electron chi connectivity index (χ4n) is 6.53. The van der Waals surface area contributed by atoms with Crippen molar-refractivity contribution in [3.63, 3.8) is 0 Å². The number of aliphatic carboxylic acids is 2. The first-order valence-corrected chi connectivity index (χ1v) is 15.4. The predicted molar refractivity (Wildman–Crippen MR) is 172 cm³/mol. The first-order chi connectivity index (χ1) is 21.4. The van der Waals surface area contributed by atoms with Gasteiger partial charge in [0.05, 0.1) is 17.4 Å². The van der Waals surface area contributed by atoms with Crippen molar-refractivity contribution in [2.24, 2.45) is 11.7 Å². The van der Waals surface area contributed by atoms with E-state index in [-0.39, 0.29) is 18.9 Å². The number of carboxylic acid groups (broad SMARTS) is 2. The second kappa shape index (κ2) is 14.6. The number of para-hydroxylation sites is 1. The van der Waals surface area contributed by atoms with Crippen LogP contribution in [0.3, 0.4) is 0 Å². The summed E-state index contributed by atoms with van der Waals surface area (Å²) < 4.78 is 0. The lowest BCUT2D eigenvalue weighted by Gasteiger charge is -2.35. The third kappa shape index (κ3) is 7.62. The number of allylic oxidation sites excluding steroid dienone is 4. The molecule has 2 amide bonds. The van der Waals surface area contributed by atoms with Crippen LogP contribution in [0.15, 0.2) is 77.9 Å². The molecule has 0 radical (unpaired) electrons. The maximum atomic E-state index is 14.1. The monoisotopic (exact) mass is 616 g/mol. The van der Waals surface area contributed by atoms with Crippen molar-refractivity contribution in [1.29, 1.82) is 0 Å². The third-order valence-electron chi connectivity index (χ3n) is 8.88. The smallest absolute Gasteiger partial charge is 0.326 e. The third-order valence-corrected chi connectivity index (χ3v) is 8.88. The van der Waals surface area contributed by atoms with E-state index in [2.05, 4.69) is 36.6 Å². The molecule has 2 heterocycles. The normalized spacial score (nSPS) is 21.6. The summed E-state index contributed by atoms with van der Waals surface area (Å²) in [5, 5.41) is 25.1. The van der Waals surface area contributed by atoms with Crippen LogP contribution in [0.1, 0.15) is 64.0 Å². The van der Waals surface area contributed by atoms with Crippen LogP contribution in [-0.2, 0) is 31.0 Å². The number of amides is 2. The second-order valence-electron chi connectivity index (χ2n) is 12.4. The van der Waals surface area contributed by atoms with Crippen LogP contribution in [0.4, 0.5) is 5.69 Å².